The molecule has 1 saturated heterocycles. The molecule has 1 heterocycles. The van der Waals surface area contributed by atoms with Crippen LogP contribution in [0.3, 0.4) is 0 Å². The molecule has 1 N–H and O–H groups in total. The maximum Gasteiger partial charge on any atom is 0.119 e. The zero-order valence-electron chi connectivity index (χ0n) is 13.4. The van der Waals surface area contributed by atoms with E-state index in [1.807, 2.05) is 0 Å². The number of ether oxygens (including phenoxy) is 1. The molecule has 3 heteroatoms. The maximum atomic E-state index is 5.73. The molecule has 0 aliphatic carbocycles. The minimum absolute atomic E-state index is 0.835. The summed E-state index contributed by atoms with van der Waals surface area (Å²) >= 11 is 0. The van der Waals surface area contributed by atoms with Crippen molar-refractivity contribution in [3.63, 3.8) is 0 Å². The number of benzene rings is 1. The molecule has 0 unspecified atom stereocenters. The first kappa shape index (κ1) is 16.3. The molecule has 1 fully saturated rings. The van der Waals surface area contributed by atoms with Crippen molar-refractivity contribution in [2.45, 2.75) is 45.6 Å². The summed E-state index contributed by atoms with van der Waals surface area (Å²) < 4.78 is 5.73. The van der Waals surface area contributed by atoms with Crippen LogP contribution in [0.5, 0.6) is 5.75 Å². The third kappa shape index (κ3) is 6.49. The predicted molar refractivity (Wildman–Crippen MR) is 88.8 cm³/mol. The van der Waals surface area contributed by atoms with Crippen LogP contribution in [0.2, 0.25) is 0 Å². The van der Waals surface area contributed by atoms with Crippen molar-refractivity contribution in [3.8, 4) is 5.75 Å². The number of likely N-dealkylation sites (tertiary alicyclic amines) is 1. The van der Waals surface area contributed by atoms with Crippen LogP contribution < -0.4 is 10.1 Å². The van der Waals surface area contributed by atoms with E-state index in [9.17, 15) is 0 Å². The molecular formula is C18H30N2O. The first-order chi connectivity index (χ1) is 10.4. The lowest BCUT2D eigenvalue weighted by molar-refractivity contribution is 0.306. The normalized spacial score (nSPS) is 15.5. The van der Waals surface area contributed by atoms with Gasteiger partial charge in [-0.3, -0.25) is 0 Å². The highest BCUT2D eigenvalue weighted by Gasteiger charge is 2.09. The second-order valence-electron chi connectivity index (χ2n) is 5.93. The van der Waals surface area contributed by atoms with Gasteiger partial charge in [-0.05, 0) is 50.0 Å². The van der Waals surface area contributed by atoms with E-state index in [-0.39, 0.29) is 0 Å². The van der Waals surface area contributed by atoms with Crippen LogP contribution in [0.1, 0.15) is 44.6 Å². The van der Waals surface area contributed by atoms with E-state index in [4.69, 9.17) is 4.74 Å². The summed E-state index contributed by atoms with van der Waals surface area (Å²) in [5, 5.41) is 3.53. The largest absolute Gasteiger partial charge is 0.494 e. The summed E-state index contributed by atoms with van der Waals surface area (Å²) in [6.45, 7) is 8.82. The highest BCUT2D eigenvalue weighted by molar-refractivity contribution is 5.27. The van der Waals surface area contributed by atoms with Gasteiger partial charge in [0.15, 0.2) is 0 Å². The molecule has 1 aromatic carbocycles. The molecule has 1 aliphatic rings. The van der Waals surface area contributed by atoms with Crippen molar-refractivity contribution in [1.29, 1.82) is 0 Å². The Morgan fingerprint density at radius 3 is 2.57 bits per heavy atom. The highest BCUT2D eigenvalue weighted by Crippen LogP contribution is 2.13. The number of unbranched alkanes of at least 4 members (excludes halogenated alkanes) is 2. The van der Waals surface area contributed by atoms with Crippen molar-refractivity contribution in [1.82, 2.24) is 10.2 Å². The van der Waals surface area contributed by atoms with Crippen LogP contribution in [0.25, 0.3) is 0 Å². The summed E-state index contributed by atoms with van der Waals surface area (Å²) in [5.41, 5.74) is 1.33. The summed E-state index contributed by atoms with van der Waals surface area (Å²) in [5.74, 6) is 0.993. The van der Waals surface area contributed by atoms with Crippen LogP contribution in [-0.2, 0) is 6.54 Å². The third-order valence-corrected chi connectivity index (χ3v) is 4.07. The molecule has 0 radical (unpaired) electrons. The molecule has 118 valence electrons. The van der Waals surface area contributed by atoms with E-state index in [2.05, 4.69) is 41.4 Å². The SMILES string of the molecule is CCCCCOc1ccc(CNCCN2CCCC2)cc1. The Kier molecular flexibility index (Phi) is 7.61. The summed E-state index contributed by atoms with van der Waals surface area (Å²) in [4.78, 5) is 2.54. The molecule has 0 saturated carbocycles. The average Bonchev–Trinajstić information content (AvgIpc) is 3.03. The van der Waals surface area contributed by atoms with Gasteiger partial charge < -0.3 is 15.0 Å². The van der Waals surface area contributed by atoms with E-state index in [0.717, 1.165) is 31.9 Å². The van der Waals surface area contributed by atoms with Gasteiger partial charge in [0.1, 0.15) is 5.75 Å². The number of nitrogens with one attached hydrogen (secondary N) is 1. The first-order valence-corrected chi connectivity index (χ1v) is 8.53. The van der Waals surface area contributed by atoms with Crippen LogP contribution >= 0.6 is 0 Å². The zero-order valence-corrected chi connectivity index (χ0v) is 13.4. The fourth-order valence-electron chi connectivity index (χ4n) is 2.72. The number of hydrogen-bond donors (Lipinski definition) is 1. The first-order valence-electron chi connectivity index (χ1n) is 8.53. The molecule has 3 nitrogen and oxygen atoms in total. The topological polar surface area (TPSA) is 24.5 Å². The van der Waals surface area contributed by atoms with Gasteiger partial charge in [0.25, 0.3) is 0 Å². The summed E-state index contributed by atoms with van der Waals surface area (Å²) in [7, 11) is 0. The molecule has 0 aromatic heterocycles. The molecule has 0 bridgehead atoms. The number of rotatable bonds is 10. The van der Waals surface area contributed by atoms with Gasteiger partial charge in [-0.2, -0.15) is 0 Å². The monoisotopic (exact) mass is 290 g/mol. The summed E-state index contributed by atoms with van der Waals surface area (Å²) in [6.07, 6.45) is 6.39. The number of hydrogen-bond acceptors (Lipinski definition) is 3. The van der Waals surface area contributed by atoms with Gasteiger partial charge in [-0.15, -0.1) is 0 Å². The predicted octanol–water partition coefficient (Wildman–Crippen LogP) is 3.44. The smallest absolute Gasteiger partial charge is 0.119 e. The lowest BCUT2D eigenvalue weighted by atomic mass is 10.2. The van der Waals surface area contributed by atoms with Crippen LogP contribution in [0, 0.1) is 0 Å². The minimum atomic E-state index is 0.835. The van der Waals surface area contributed by atoms with Crippen LogP contribution in [0.4, 0.5) is 0 Å². The lowest BCUT2D eigenvalue weighted by Gasteiger charge is -2.14. The van der Waals surface area contributed by atoms with Gasteiger partial charge >= 0.3 is 0 Å². The molecule has 2 rings (SSSR count). The highest BCUT2D eigenvalue weighted by atomic mass is 16.5. The van der Waals surface area contributed by atoms with E-state index >= 15 is 0 Å². The standard InChI is InChI=1S/C18H30N2O/c1-2-3-6-15-21-18-9-7-17(8-10-18)16-19-11-14-20-12-4-5-13-20/h7-10,19H,2-6,11-16H2,1H3. The second kappa shape index (κ2) is 9.80. The van der Waals surface area contributed by atoms with Gasteiger partial charge in [0, 0.05) is 19.6 Å². The Balaban J connectivity index is 1.58. The fourth-order valence-corrected chi connectivity index (χ4v) is 2.72. The zero-order chi connectivity index (χ0) is 14.8. The van der Waals surface area contributed by atoms with Crippen molar-refractivity contribution < 1.29 is 4.74 Å². The van der Waals surface area contributed by atoms with E-state index in [0.29, 0.717) is 0 Å². The Morgan fingerprint density at radius 2 is 1.86 bits per heavy atom. The molecule has 0 atom stereocenters. The van der Waals surface area contributed by atoms with Crippen LogP contribution in [0.15, 0.2) is 24.3 Å². The molecular weight excluding hydrogens is 260 g/mol. The van der Waals surface area contributed by atoms with Gasteiger partial charge in [-0.25, -0.2) is 0 Å². The van der Waals surface area contributed by atoms with Crippen molar-refractivity contribution in [3.05, 3.63) is 29.8 Å². The number of nitrogens with zero attached hydrogens (tertiary/aromatic N) is 1. The lowest BCUT2D eigenvalue weighted by Crippen LogP contribution is -2.29. The minimum Gasteiger partial charge on any atom is -0.494 e. The quantitative estimate of drug-likeness (QED) is 0.668. The van der Waals surface area contributed by atoms with Gasteiger partial charge in [0.2, 0.25) is 0 Å². The van der Waals surface area contributed by atoms with E-state index in [1.54, 1.807) is 0 Å². The Hall–Kier alpha value is -1.06. The third-order valence-electron chi connectivity index (χ3n) is 4.07. The van der Waals surface area contributed by atoms with Crippen LogP contribution in [-0.4, -0.2) is 37.7 Å². The van der Waals surface area contributed by atoms with Crippen molar-refractivity contribution in [2.75, 3.05) is 32.8 Å². The Morgan fingerprint density at radius 1 is 1.10 bits per heavy atom. The maximum absolute atomic E-state index is 5.73. The molecule has 21 heavy (non-hydrogen) atoms. The molecule has 0 amide bonds. The van der Waals surface area contributed by atoms with Crippen molar-refractivity contribution >= 4 is 0 Å². The average molecular weight is 290 g/mol. The summed E-state index contributed by atoms with van der Waals surface area (Å²) in [6, 6.07) is 8.50. The molecule has 1 aromatic rings. The molecule has 0 spiro atoms. The Labute approximate surface area is 129 Å². The van der Waals surface area contributed by atoms with Gasteiger partial charge in [0.05, 0.1) is 6.61 Å². The van der Waals surface area contributed by atoms with Gasteiger partial charge in [-0.1, -0.05) is 31.9 Å². The van der Waals surface area contributed by atoms with E-state index in [1.165, 1.54) is 50.9 Å². The fraction of sp³-hybridized carbons (Fsp3) is 0.667. The van der Waals surface area contributed by atoms with E-state index < -0.39 is 0 Å². The van der Waals surface area contributed by atoms with Crippen molar-refractivity contribution in [2.24, 2.45) is 0 Å². The molecule has 1 aliphatic heterocycles. The second-order valence-corrected chi connectivity index (χ2v) is 5.93. The Bertz CT molecular complexity index is 371.